The molecule has 23 heavy (non-hydrogen) atoms. The molecule has 1 aromatic carbocycles. The zero-order valence-electron chi connectivity index (χ0n) is 11.9. The summed E-state index contributed by atoms with van der Waals surface area (Å²) < 4.78 is 0. The number of nitrogens with one attached hydrogen (secondary N) is 3. The number of aromatic nitrogens is 6. The molecule has 0 saturated carbocycles. The first-order chi connectivity index (χ1) is 11.2. The highest BCUT2D eigenvalue weighted by molar-refractivity contribution is 6.30. The summed E-state index contributed by atoms with van der Waals surface area (Å²) in [5.41, 5.74) is 2.25. The molecule has 0 radical (unpaired) electrons. The Labute approximate surface area is 135 Å². The molecule has 0 bridgehead atoms. The van der Waals surface area contributed by atoms with Crippen molar-refractivity contribution in [2.45, 2.75) is 12.3 Å². The number of fused-ring (bicyclic) bond motifs is 1. The Kier molecular flexibility index (Phi) is 3.30. The van der Waals surface area contributed by atoms with Crippen molar-refractivity contribution in [1.82, 2.24) is 35.9 Å². The predicted molar refractivity (Wildman–Crippen MR) is 82.0 cm³/mol. The number of hydrogen-bond acceptors (Lipinski definition) is 5. The van der Waals surface area contributed by atoms with E-state index in [2.05, 4.69) is 35.9 Å². The molecule has 1 atom stereocenters. The molecule has 0 unspecified atom stereocenters. The van der Waals surface area contributed by atoms with Gasteiger partial charge in [-0.1, -0.05) is 23.7 Å². The first-order valence-electron chi connectivity index (χ1n) is 7.07. The lowest BCUT2D eigenvalue weighted by Gasteiger charge is -2.14. The van der Waals surface area contributed by atoms with E-state index in [9.17, 15) is 4.79 Å². The first kappa shape index (κ1) is 13.9. The van der Waals surface area contributed by atoms with E-state index < -0.39 is 0 Å². The molecule has 1 aliphatic rings. The largest absolute Gasteiger partial charge is 0.350 e. The SMILES string of the molecule is O=C1NC[C@@H](c2ccc(Cl)cc2)Cc2[nH]c(-c3nn[nH]n3)nc21. The van der Waals surface area contributed by atoms with Crippen LogP contribution in [0.3, 0.4) is 0 Å². The highest BCUT2D eigenvalue weighted by Gasteiger charge is 2.27. The van der Waals surface area contributed by atoms with Crippen molar-refractivity contribution in [3.8, 4) is 11.6 Å². The van der Waals surface area contributed by atoms with E-state index in [1.54, 1.807) is 0 Å². The van der Waals surface area contributed by atoms with Crippen LogP contribution >= 0.6 is 11.6 Å². The minimum atomic E-state index is -0.206. The van der Waals surface area contributed by atoms with E-state index in [1.807, 2.05) is 24.3 Å². The van der Waals surface area contributed by atoms with Gasteiger partial charge in [0, 0.05) is 23.2 Å². The summed E-state index contributed by atoms with van der Waals surface area (Å²) >= 11 is 5.94. The molecule has 116 valence electrons. The van der Waals surface area contributed by atoms with Crippen LogP contribution in [0.4, 0.5) is 0 Å². The molecule has 4 rings (SSSR count). The number of H-pyrrole nitrogens is 2. The number of carbonyl (C=O) groups is 1. The second-order valence-corrected chi connectivity index (χ2v) is 5.75. The molecule has 1 amide bonds. The Balaban J connectivity index is 1.69. The minimum absolute atomic E-state index is 0.135. The van der Waals surface area contributed by atoms with Gasteiger partial charge in [0.1, 0.15) is 5.69 Å². The summed E-state index contributed by atoms with van der Waals surface area (Å²) in [7, 11) is 0. The van der Waals surface area contributed by atoms with Crippen molar-refractivity contribution in [2.24, 2.45) is 0 Å². The molecule has 3 N–H and O–H groups in total. The molecule has 0 fully saturated rings. The lowest BCUT2D eigenvalue weighted by Crippen LogP contribution is -2.26. The standard InChI is InChI=1S/C14H12ClN7O/c15-9-3-1-7(2-4-9)8-5-10-11(14(23)16-6-8)18-12(17-10)13-19-21-22-20-13/h1-4,8H,5-6H2,(H,16,23)(H,17,18)(H,19,20,21,22)/t8-/m0/s1. The van der Waals surface area contributed by atoms with Crippen molar-refractivity contribution in [1.29, 1.82) is 0 Å². The van der Waals surface area contributed by atoms with E-state index in [0.717, 1.165) is 11.3 Å². The van der Waals surface area contributed by atoms with E-state index in [4.69, 9.17) is 11.6 Å². The number of aromatic amines is 2. The van der Waals surface area contributed by atoms with Crippen LogP contribution in [-0.4, -0.2) is 43.0 Å². The fourth-order valence-electron chi connectivity index (χ4n) is 2.70. The van der Waals surface area contributed by atoms with Crippen LogP contribution in [0.1, 0.15) is 27.7 Å². The van der Waals surface area contributed by atoms with Gasteiger partial charge < -0.3 is 10.3 Å². The Bertz CT molecular complexity index is 841. The normalized spacial score (nSPS) is 17.4. The fraction of sp³-hybridized carbons (Fsp3) is 0.214. The summed E-state index contributed by atoms with van der Waals surface area (Å²) in [5, 5.41) is 17.2. The maximum Gasteiger partial charge on any atom is 0.271 e. The number of carbonyl (C=O) groups excluding carboxylic acids is 1. The summed E-state index contributed by atoms with van der Waals surface area (Å²) in [4.78, 5) is 19.7. The van der Waals surface area contributed by atoms with Crippen molar-refractivity contribution < 1.29 is 4.79 Å². The molecular weight excluding hydrogens is 318 g/mol. The van der Waals surface area contributed by atoms with Gasteiger partial charge in [0.05, 0.1) is 0 Å². The topological polar surface area (TPSA) is 112 Å². The molecular formula is C14H12ClN7O. The molecule has 0 spiro atoms. The Hall–Kier alpha value is -2.74. The van der Waals surface area contributed by atoms with E-state index in [-0.39, 0.29) is 11.8 Å². The third kappa shape index (κ3) is 2.57. The van der Waals surface area contributed by atoms with Crippen molar-refractivity contribution in [3.63, 3.8) is 0 Å². The van der Waals surface area contributed by atoms with Gasteiger partial charge in [-0.3, -0.25) is 4.79 Å². The van der Waals surface area contributed by atoms with Crippen LogP contribution in [-0.2, 0) is 6.42 Å². The van der Waals surface area contributed by atoms with E-state index >= 15 is 0 Å². The molecule has 2 aromatic heterocycles. The molecule has 0 saturated heterocycles. The number of benzene rings is 1. The van der Waals surface area contributed by atoms with Crippen molar-refractivity contribution in [3.05, 3.63) is 46.2 Å². The lowest BCUT2D eigenvalue weighted by atomic mass is 9.94. The second kappa shape index (κ2) is 5.47. The highest BCUT2D eigenvalue weighted by Crippen LogP contribution is 2.26. The van der Waals surface area contributed by atoms with Gasteiger partial charge in [-0.25, -0.2) is 4.98 Å². The third-order valence-electron chi connectivity index (χ3n) is 3.85. The Morgan fingerprint density at radius 1 is 1.22 bits per heavy atom. The highest BCUT2D eigenvalue weighted by atomic mass is 35.5. The van der Waals surface area contributed by atoms with Gasteiger partial charge in [-0.15, -0.1) is 10.2 Å². The van der Waals surface area contributed by atoms with Crippen LogP contribution < -0.4 is 5.32 Å². The third-order valence-corrected chi connectivity index (χ3v) is 4.10. The predicted octanol–water partition coefficient (Wildman–Crippen LogP) is 1.31. The summed E-state index contributed by atoms with van der Waals surface area (Å²) in [6.45, 7) is 0.544. The molecule has 3 heterocycles. The number of imidazole rings is 1. The number of halogens is 1. The first-order valence-corrected chi connectivity index (χ1v) is 7.45. The van der Waals surface area contributed by atoms with Gasteiger partial charge in [-0.05, 0) is 29.3 Å². The van der Waals surface area contributed by atoms with Gasteiger partial charge in [-0.2, -0.15) is 5.21 Å². The van der Waals surface area contributed by atoms with Crippen LogP contribution in [0.2, 0.25) is 5.02 Å². The summed E-state index contributed by atoms with van der Waals surface area (Å²) in [6, 6.07) is 7.64. The average molecular weight is 330 g/mol. The quantitative estimate of drug-likeness (QED) is 0.656. The zero-order chi connectivity index (χ0) is 15.8. The van der Waals surface area contributed by atoms with Crippen molar-refractivity contribution >= 4 is 17.5 Å². The number of hydrogen-bond donors (Lipinski definition) is 3. The maximum atomic E-state index is 12.2. The Morgan fingerprint density at radius 2 is 2.04 bits per heavy atom. The fourth-order valence-corrected chi connectivity index (χ4v) is 2.83. The van der Waals surface area contributed by atoms with Gasteiger partial charge in [0.2, 0.25) is 5.82 Å². The molecule has 1 aliphatic heterocycles. The number of nitrogens with zero attached hydrogens (tertiary/aromatic N) is 4. The Morgan fingerprint density at radius 3 is 2.78 bits per heavy atom. The monoisotopic (exact) mass is 329 g/mol. The minimum Gasteiger partial charge on any atom is -0.350 e. The molecule has 0 aliphatic carbocycles. The van der Waals surface area contributed by atoms with Gasteiger partial charge in [0.25, 0.3) is 5.91 Å². The molecule has 8 nitrogen and oxygen atoms in total. The van der Waals surface area contributed by atoms with Crippen molar-refractivity contribution in [2.75, 3.05) is 6.54 Å². The number of rotatable bonds is 2. The van der Waals surface area contributed by atoms with Gasteiger partial charge >= 0.3 is 0 Å². The smallest absolute Gasteiger partial charge is 0.271 e. The second-order valence-electron chi connectivity index (χ2n) is 5.31. The summed E-state index contributed by atoms with van der Waals surface area (Å²) in [6.07, 6.45) is 0.653. The lowest BCUT2D eigenvalue weighted by molar-refractivity contribution is 0.0950. The van der Waals surface area contributed by atoms with E-state index in [1.165, 1.54) is 0 Å². The van der Waals surface area contributed by atoms with Gasteiger partial charge in [0.15, 0.2) is 5.82 Å². The van der Waals surface area contributed by atoms with E-state index in [0.29, 0.717) is 35.3 Å². The zero-order valence-corrected chi connectivity index (χ0v) is 12.6. The number of tetrazole rings is 1. The average Bonchev–Trinajstić information content (AvgIpc) is 3.19. The summed E-state index contributed by atoms with van der Waals surface area (Å²) in [5.74, 6) is 0.683. The van der Waals surface area contributed by atoms with Crippen LogP contribution in [0, 0.1) is 0 Å². The molecule has 9 heteroatoms. The van der Waals surface area contributed by atoms with Crippen LogP contribution in [0.5, 0.6) is 0 Å². The van der Waals surface area contributed by atoms with Crippen LogP contribution in [0.15, 0.2) is 24.3 Å². The number of amides is 1. The molecule has 3 aromatic rings. The maximum absolute atomic E-state index is 12.2. The van der Waals surface area contributed by atoms with Crippen LogP contribution in [0.25, 0.3) is 11.6 Å².